The molecule has 0 radical (unpaired) electrons. The van der Waals surface area contributed by atoms with Gasteiger partial charge in [-0.05, 0) is 29.7 Å². The van der Waals surface area contributed by atoms with E-state index in [0.717, 1.165) is 49.2 Å². The number of rotatable bonds is 5. The van der Waals surface area contributed by atoms with Gasteiger partial charge in [0.05, 0.1) is 0 Å². The van der Waals surface area contributed by atoms with Gasteiger partial charge in [-0.3, -0.25) is 4.90 Å². The number of carbonyl (C=O) groups excluding carboxylic acids is 1. The Morgan fingerprint density at radius 3 is 2.40 bits per heavy atom. The molecule has 1 N–H and O–H groups in total. The number of urea groups is 1. The summed E-state index contributed by atoms with van der Waals surface area (Å²) in [5, 5.41) is 3.02. The number of carbonyl (C=O) groups is 1. The number of halogens is 1. The van der Waals surface area contributed by atoms with Crippen molar-refractivity contribution in [1.29, 1.82) is 0 Å². The molecule has 2 aromatic rings. The zero-order chi connectivity index (χ0) is 17.5. The number of hydrogen-bond donors (Lipinski definition) is 1. The van der Waals surface area contributed by atoms with E-state index in [4.69, 9.17) is 0 Å². The Morgan fingerprint density at radius 2 is 1.68 bits per heavy atom. The molecule has 3 rings (SSSR count). The van der Waals surface area contributed by atoms with Gasteiger partial charge in [-0.15, -0.1) is 0 Å². The summed E-state index contributed by atoms with van der Waals surface area (Å²) in [6.07, 6.45) is 1.07. The van der Waals surface area contributed by atoms with Crippen molar-refractivity contribution in [2.75, 3.05) is 32.7 Å². The average molecular weight is 402 g/mol. The molecule has 0 aliphatic carbocycles. The van der Waals surface area contributed by atoms with Gasteiger partial charge < -0.3 is 10.2 Å². The highest BCUT2D eigenvalue weighted by atomic mass is 79.9. The largest absolute Gasteiger partial charge is 0.334 e. The van der Waals surface area contributed by atoms with Crippen LogP contribution in [0.3, 0.4) is 0 Å². The van der Waals surface area contributed by atoms with Gasteiger partial charge in [0.15, 0.2) is 0 Å². The minimum Gasteiger partial charge on any atom is -0.334 e. The summed E-state index contributed by atoms with van der Waals surface area (Å²) < 4.78 is 1.03. The van der Waals surface area contributed by atoms with Crippen molar-refractivity contribution in [3.63, 3.8) is 0 Å². The predicted octanol–water partition coefficient (Wildman–Crippen LogP) is 3.52. The summed E-state index contributed by atoms with van der Waals surface area (Å²) in [5.74, 6) is 0. The van der Waals surface area contributed by atoms with E-state index < -0.39 is 0 Å². The monoisotopic (exact) mass is 401 g/mol. The Kier molecular flexibility index (Phi) is 6.48. The van der Waals surface area contributed by atoms with Crippen molar-refractivity contribution in [3.8, 4) is 0 Å². The van der Waals surface area contributed by atoms with Gasteiger partial charge in [0, 0.05) is 43.7 Å². The van der Waals surface area contributed by atoms with E-state index in [2.05, 4.69) is 56.5 Å². The van der Waals surface area contributed by atoms with E-state index in [1.807, 2.05) is 29.2 Å². The molecule has 2 aromatic carbocycles. The maximum atomic E-state index is 12.3. The zero-order valence-electron chi connectivity index (χ0n) is 14.3. The smallest absolute Gasteiger partial charge is 0.317 e. The van der Waals surface area contributed by atoms with Crippen LogP contribution in [0.5, 0.6) is 0 Å². The Morgan fingerprint density at radius 1 is 0.960 bits per heavy atom. The number of amides is 2. The van der Waals surface area contributed by atoms with Crippen LogP contribution in [0, 0.1) is 0 Å². The molecule has 0 saturated carbocycles. The molecule has 132 valence electrons. The van der Waals surface area contributed by atoms with Crippen LogP contribution >= 0.6 is 15.9 Å². The van der Waals surface area contributed by atoms with Crippen molar-refractivity contribution in [2.24, 2.45) is 0 Å². The van der Waals surface area contributed by atoms with Gasteiger partial charge in [0.25, 0.3) is 0 Å². The summed E-state index contributed by atoms with van der Waals surface area (Å²) in [7, 11) is 0. The molecule has 1 aliphatic heterocycles. The molecule has 1 aliphatic rings. The van der Waals surface area contributed by atoms with E-state index >= 15 is 0 Å². The Hall–Kier alpha value is -1.85. The second kappa shape index (κ2) is 9.02. The topological polar surface area (TPSA) is 35.6 Å². The molecule has 0 aromatic heterocycles. The van der Waals surface area contributed by atoms with Crippen molar-refractivity contribution in [3.05, 3.63) is 70.2 Å². The SMILES string of the molecule is O=C(NCc1cccc(Br)c1)N1CCN(CCc2ccccc2)CC1. The molecule has 1 saturated heterocycles. The van der Waals surface area contributed by atoms with Gasteiger partial charge in [0.2, 0.25) is 0 Å². The molecule has 0 spiro atoms. The van der Waals surface area contributed by atoms with Crippen LogP contribution in [0.1, 0.15) is 11.1 Å². The lowest BCUT2D eigenvalue weighted by atomic mass is 10.1. The molecule has 1 fully saturated rings. The van der Waals surface area contributed by atoms with E-state index in [1.54, 1.807) is 0 Å². The quantitative estimate of drug-likeness (QED) is 0.831. The maximum Gasteiger partial charge on any atom is 0.317 e. The highest BCUT2D eigenvalue weighted by Gasteiger charge is 2.20. The van der Waals surface area contributed by atoms with Crippen LogP contribution in [0.15, 0.2) is 59.1 Å². The van der Waals surface area contributed by atoms with Crippen LogP contribution in [-0.4, -0.2) is 48.6 Å². The molecule has 25 heavy (non-hydrogen) atoms. The fourth-order valence-corrected chi connectivity index (χ4v) is 3.49. The molecule has 1 heterocycles. The first kappa shape index (κ1) is 18.0. The molecule has 0 unspecified atom stereocenters. The third-order valence-corrected chi connectivity index (χ3v) is 5.05. The predicted molar refractivity (Wildman–Crippen MR) is 105 cm³/mol. The standard InChI is InChI=1S/C20H24BrN3O/c21-19-8-4-7-18(15-19)16-22-20(25)24-13-11-23(12-14-24)10-9-17-5-2-1-3-6-17/h1-8,15H,9-14,16H2,(H,22,25). The summed E-state index contributed by atoms with van der Waals surface area (Å²) in [6.45, 7) is 5.08. The van der Waals surface area contributed by atoms with Gasteiger partial charge in [0.1, 0.15) is 0 Å². The first-order chi connectivity index (χ1) is 12.2. The molecule has 0 atom stereocenters. The van der Waals surface area contributed by atoms with Crippen LogP contribution in [-0.2, 0) is 13.0 Å². The number of benzene rings is 2. The lowest BCUT2D eigenvalue weighted by Gasteiger charge is -2.34. The van der Waals surface area contributed by atoms with E-state index in [-0.39, 0.29) is 6.03 Å². The first-order valence-electron chi connectivity index (χ1n) is 8.74. The van der Waals surface area contributed by atoms with Gasteiger partial charge in [-0.2, -0.15) is 0 Å². The molecule has 0 bridgehead atoms. The Bertz CT molecular complexity index is 684. The summed E-state index contributed by atoms with van der Waals surface area (Å²) >= 11 is 3.46. The zero-order valence-corrected chi connectivity index (χ0v) is 15.9. The van der Waals surface area contributed by atoms with Crippen LogP contribution in [0.4, 0.5) is 4.79 Å². The van der Waals surface area contributed by atoms with E-state index in [9.17, 15) is 4.79 Å². The van der Waals surface area contributed by atoms with Crippen molar-refractivity contribution in [1.82, 2.24) is 15.1 Å². The third-order valence-electron chi connectivity index (χ3n) is 4.55. The minimum absolute atomic E-state index is 0.0303. The number of nitrogens with zero attached hydrogens (tertiary/aromatic N) is 2. The summed E-state index contributed by atoms with van der Waals surface area (Å²) in [4.78, 5) is 16.7. The van der Waals surface area contributed by atoms with Crippen LogP contribution in [0.25, 0.3) is 0 Å². The van der Waals surface area contributed by atoms with Crippen LogP contribution in [0.2, 0.25) is 0 Å². The summed E-state index contributed by atoms with van der Waals surface area (Å²) in [5.41, 5.74) is 2.47. The second-order valence-corrected chi connectivity index (χ2v) is 7.27. The third kappa shape index (κ3) is 5.58. The molecular weight excluding hydrogens is 378 g/mol. The van der Waals surface area contributed by atoms with Crippen LogP contribution < -0.4 is 5.32 Å². The number of nitrogens with one attached hydrogen (secondary N) is 1. The normalized spacial score (nSPS) is 15.2. The van der Waals surface area contributed by atoms with Crippen molar-refractivity contribution < 1.29 is 4.79 Å². The van der Waals surface area contributed by atoms with Gasteiger partial charge in [-0.25, -0.2) is 4.79 Å². The molecule has 2 amide bonds. The van der Waals surface area contributed by atoms with E-state index in [1.165, 1.54) is 5.56 Å². The highest BCUT2D eigenvalue weighted by molar-refractivity contribution is 9.10. The first-order valence-corrected chi connectivity index (χ1v) is 9.53. The second-order valence-electron chi connectivity index (χ2n) is 6.35. The molecule has 4 nitrogen and oxygen atoms in total. The molecule has 5 heteroatoms. The van der Waals surface area contributed by atoms with Gasteiger partial charge >= 0.3 is 6.03 Å². The lowest BCUT2D eigenvalue weighted by molar-refractivity contribution is 0.140. The van der Waals surface area contributed by atoms with Crippen molar-refractivity contribution >= 4 is 22.0 Å². The lowest BCUT2D eigenvalue weighted by Crippen LogP contribution is -2.51. The fraction of sp³-hybridized carbons (Fsp3) is 0.350. The van der Waals surface area contributed by atoms with Crippen molar-refractivity contribution in [2.45, 2.75) is 13.0 Å². The molecular formula is C20H24BrN3O. The average Bonchev–Trinajstić information content (AvgIpc) is 2.66. The Balaban J connectivity index is 1.38. The highest BCUT2D eigenvalue weighted by Crippen LogP contribution is 2.11. The Labute approximate surface area is 158 Å². The fourth-order valence-electron chi connectivity index (χ4n) is 3.04. The maximum absolute atomic E-state index is 12.3. The minimum atomic E-state index is 0.0303. The number of piperazine rings is 1. The van der Waals surface area contributed by atoms with Gasteiger partial charge in [-0.1, -0.05) is 58.4 Å². The summed E-state index contributed by atoms with van der Waals surface area (Å²) in [6, 6.07) is 18.6. The van der Waals surface area contributed by atoms with E-state index in [0.29, 0.717) is 6.54 Å². The number of hydrogen-bond acceptors (Lipinski definition) is 2.